The molecule has 0 saturated carbocycles. The molecule has 1 heteroatoms. The first-order valence-electron chi connectivity index (χ1n) is 15.9. The Kier molecular flexibility index (Phi) is 5.35. The molecule has 0 N–H and O–H groups in total. The maximum Gasteiger partial charge on any atom is 0.0708 e. The highest BCUT2D eigenvalue weighted by atomic mass is 14.7. The number of aromatic nitrogens is 1. The zero-order chi connectivity index (χ0) is 30.2. The molecule has 1 nitrogen and oxygen atoms in total. The molecule has 0 radical (unpaired) electrons. The zero-order valence-electron chi connectivity index (χ0n) is 25.0. The Hall–Kier alpha value is -6.05. The minimum Gasteiger partial charge on any atom is -0.256 e. The summed E-state index contributed by atoms with van der Waals surface area (Å²) in [6, 6.07) is 57.6. The highest BCUT2D eigenvalue weighted by Crippen LogP contribution is 2.49. The van der Waals surface area contributed by atoms with Crippen LogP contribution in [0.25, 0.3) is 97.8 Å². The maximum absolute atomic E-state index is 5.09. The van der Waals surface area contributed by atoms with Gasteiger partial charge in [-0.1, -0.05) is 140 Å². The van der Waals surface area contributed by atoms with Gasteiger partial charge in [0.05, 0.1) is 5.52 Å². The van der Waals surface area contributed by atoms with Gasteiger partial charge in [-0.05, 0) is 94.3 Å². The van der Waals surface area contributed by atoms with Crippen LogP contribution in [0.4, 0.5) is 0 Å². The second kappa shape index (κ2) is 9.72. The topological polar surface area (TPSA) is 12.9 Å². The molecule has 1 aromatic heterocycles. The molecular formula is C45H27N. The van der Waals surface area contributed by atoms with Crippen LogP contribution < -0.4 is 0 Å². The summed E-state index contributed by atoms with van der Waals surface area (Å²) in [5.41, 5.74) is 6.00. The van der Waals surface area contributed by atoms with E-state index in [1.165, 1.54) is 92.3 Å². The number of pyridine rings is 1. The summed E-state index contributed by atoms with van der Waals surface area (Å²) in [4.78, 5) is 5.09. The first-order valence-corrected chi connectivity index (χ1v) is 15.9. The van der Waals surface area contributed by atoms with E-state index in [0.717, 1.165) is 5.52 Å². The Morgan fingerprint density at radius 3 is 1.30 bits per heavy atom. The van der Waals surface area contributed by atoms with Crippen LogP contribution in [0.15, 0.2) is 164 Å². The minimum atomic E-state index is 1.01. The van der Waals surface area contributed by atoms with Crippen molar-refractivity contribution >= 4 is 75.5 Å². The summed E-state index contributed by atoms with van der Waals surface area (Å²) in [5.74, 6) is 0. The number of fused-ring (bicyclic) bond motifs is 10. The predicted octanol–water partition coefficient (Wildman–Crippen LogP) is 12.5. The van der Waals surface area contributed by atoms with E-state index in [9.17, 15) is 0 Å². The van der Waals surface area contributed by atoms with Crippen molar-refractivity contribution in [2.75, 3.05) is 0 Å². The molecule has 212 valence electrons. The van der Waals surface area contributed by atoms with Crippen molar-refractivity contribution < 1.29 is 0 Å². The number of hydrogen-bond donors (Lipinski definition) is 0. The van der Waals surface area contributed by atoms with E-state index < -0.39 is 0 Å². The van der Waals surface area contributed by atoms with Gasteiger partial charge in [-0.25, -0.2) is 0 Å². The van der Waals surface area contributed by atoms with E-state index in [1.54, 1.807) is 0 Å². The molecule has 10 rings (SSSR count). The Labute approximate surface area is 266 Å². The maximum atomic E-state index is 5.09. The lowest BCUT2D eigenvalue weighted by Gasteiger charge is -2.21. The third kappa shape index (κ3) is 3.54. The van der Waals surface area contributed by atoms with Crippen LogP contribution in [-0.2, 0) is 0 Å². The van der Waals surface area contributed by atoms with Gasteiger partial charge in [0.25, 0.3) is 0 Å². The standard InChI is InChI=1S/C45H27N/c1-3-15-30-28(13-1)25-39(34-19-7-5-17-32(30)34)43-36-21-9-10-22-37(36)44(45-38-23-11-12-24-42(38)46-27-41(43)45)40-26-29-14-2-4-16-31(29)33-18-6-8-20-35(33)40/h1-27H. The predicted molar refractivity (Wildman–Crippen MR) is 198 cm³/mol. The summed E-state index contributed by atoms with van der Waals surface area (Å²) < 4.78 is 0. The van der Waals surface area contributed by atoms with Crippen LogP contribution >= 0.6 is 0 Å². The van der Waals surface area contributed by atoms with Crippen molar-refractivity contribution in [1.29, 1.82) is 0 Å². The molecule has 0 bridgehead atoms. The third-order valence-electron chi connectivity index (χ3n) is 9.84. The molecule has 0 aliphatic heterocycles. The lowest BCUT2D eigenvalue weighted by Crippen LogP contribution is -1.95. The summed E-state index contributed by atoms with van der Waals surface area (Å²) in [5, 5.41) is 16.2. The fourth-order valence-electron chi connectivity index (χ4n) is 7.89. The number of hydrogen-bond acceptors (Lipinski definition) is 1. The van der Waals surface area contributed by atoms with E-state index in [0.29, 0.717) is 0 Å². The van der Waals surface area contributed by atoms with Gasteiger partial charge in [0.15, 0.2) is 0 Å². The fraction of sp³-hybridized carbons (Fsp3) is 0. The Bertz CT molecular complexity index is 2860. The average molecular weight is 582 g/mol. The first kappa shape index (κ1) is 25.3. The molecule has 1 heterocycles. The normalized spacial score (nSPS) is 11.9. The molecule has 0 amide bonds. The van der Waals surface area contributed by atoms with Crippen LogP contribution in [0.2, 0.25) is 0 Å². The van der Waals surface area contributed by atoms with Gasteiger partial charge in [-0.3, -0.25) is 4.98 Å². The van der Waals surface area contributed by atoms with Crippen molar-refractivity contribution in [3.05, 3.63) is 164 Å². The first-order chi connectivity index (χ1) is 22.8. The van der Waals surface area contributed by atoms with Gasteiger partial charge in [0.2, 0.25) is 0 Å². The molecule has 46 heavy (non-hydrogen) atoms. The second-order valence-corrected chi connectivity index (χ2v) is 12.2. The van der Waals surface area contributed by atoms with Crippen LogP contribution in [0.5, 0.6) is 0 Å². The Morgan fingerprint density at radius 1 is 0.304 bits per heavy atom. The smallest absolute Gasteiger partial charge is 0.0708 e. The Balaban J connectivity index is 1.48. The van der Waals surface area contributed by atoms with Crippen LogP contribution in [0.1, 0.15) is 0 Å². The molecule has 0 saturated heterocycles. The van der Waals surface area contributed by atoms with E-state index in [4.69, 9.17) is 4.98 Å². The quantitative estimate of drug-likeness (QED) is 0.146. The number of para-hydroxylation sites is 1. The molecule has 0 unspecified atom stereocenters. The average Bonchev–Trinajstić information content (AvgIpc) is 3.13. The molecule has 0 atom stereocenters. The van der Waals surface area contributed by atoms with Crippen LogP contribution in [0, 0.1) is 0 Å². The van der Waals surface area contributed by atoms with Gasteiger partial charge in [-0.2, -0.15) is 0 Å². The van der Waals surface area contributed by atoms with E-state index >= 15 is 0 Å². The molecule has 9 aromatic carbocycles. The monoisotopic (exact) mass is 581 g/mol. The summed E-state index contributed by atoms with van der Waals surface area (Å²) in [6.45, 7) is 0. The molecule has 0 fully saturated rings. The summed E-state index contributed by atoms with van der Waals surface area (Å²) >= 11 is 0. The molecular weight excluding hydrogens is 555 g/mol. The van der Waals surface area contributed by atoms with Gasteiger partial charge in [0.1, 0.15) is 0 Å². The van der Waals surface area contributed by atoms with E-state index in [1.807, 2.05) is 0 Å². The van der Waals surface area contributed by atoms with Crippen molar-refractivity contribution in [3.8, 4) is 22.3 Å². The summed E-state index contributed by atoms with van der Waals surface area (Å²) in [6.07, 6.45) is 2.12. The van der Waals surface area contributed by atoms with Crippen molar-refractivity contribution in [3.63, 3.8) is 0 Å². The lowest BCUT2D eigenvalue weighted by molar-refractivity contribution is 1.45. The summed E-state index contributed by atoms with van der Waals surface area (Å²) in [7, 11) is 0. The minimum absolute atomic E-state index is 1.01. The van der Waals surface area contributed by atoms with Gasteiger partial charge in [-0.15, -0.1) is 0 Å². The van der Waals surface area contributed by atoms with Crippen LogP contribution in [-0.4, -0.2) is 4.98 Å². The number of rotatable bonds is 2. The fourth-order valence-corrected chi connectivity index (χ4v) is 7.89. The zero-order valence-corrected chi connectivity index (χ0v) is 25.0. The van der Waals surface area contributed by atoms with Crippen molar-refractivity contribution in [2.24, 2.45) is 0 Å². The van der Waals surface area contributed by atoms with Gasteiger partial charge < -0.3 is 0 Å². The van der Waals surface area contributed by atoms with E-state index in [-0.39, 0.29) is 0 Å². The van der Waals surface area contributed by atoms with Crippen LogP contribution in [0.3, 0.4) is 0 Å². The van der Waals surface area contributed by atoms with Crippen molar-refractivity contribution in [2.45, 2.75) is 0 Å². The largest absolute Gasteiger partial charge is 0.256 e. The Morgan fingerprint density at radius 2 is 0.717 bits per heavy atom. The van der Waals surface area contributed by atoms with Gasteiger partial charge in [0, 0.05) is 22.4 Å². The highest BCUT2D eigenvalue weighted by Gasteiger charge is 2.22. The van der Waals surface area contributed by atoms with Gasteiger partial charge >= 0.3 is 0 Å². The molecule has 0 aliphatic rings. The SMILES string of the molecule is c1ccc2c(c1)cc(-c1c3ccccc3c(-c3cc4ccccc4c4ccccc34)c3c1cnc1ccccc13)c1ccccc12. The highest BCUT2D eigenvalue weighted by molar-refractivity contribution is 6.32. The lowest BCUT2D eigenvalue weighted by atomic mass is 9.82. The molecule has 0 aliphatic carbocycles. The third-order valence-corrected chi connectivity index (χ3v) is 9.84. The second-order valence-electron chi connectivity index (χ2n) is 12.2. The molecule has 10 aromatic rings. The number of benzene rings is 9. The van der Waals surface area contributed by atoms with Crippen molar-refractivity contribution in [1.82, 2.24) is 4.98 Å². The van der Waals surface area contributed by atoms with E-state index in [2.05, 4.69) is 164 Å². The molecule has 0 spiro atoms. The number of nitrogens with zero attached hydrogens (tertiary/aromatic N) is 1.